The molecule has 118 valence electrons. The fraction of sp³-hybridized carbons (Fsp3) is 0.722. The highest BCUT2D eigenvalue weighted by Gasteiger charge is 2.31. The lowest BCUT2D eigenvalue weighted by molar-refractivity contribution is 0.312. The summed E-state index contributed by atoms with van der Waals surface area (Å²) < 4.78 is 5.70. The van der Waals surface area contributed by atoms with E-state index in [1.54, 1.807) is 6.20 Å². The van der Waals surface area contributed by atoms with Crippen LogP contribution in [0.1, 0.15) is 70.8 Å². The highest BCUT2D eigenvalue weighted by molar-refractivity contribution is 5.29. The normalized spacial score (nSPS) is 26.3. The maximum Gasteiger partial charge on any atom is 0.137 e. The highest BCUT2D eigenvalue weighted by Crippen LogP contribution is 2.37. The molecule has 1 aromatic heterocycles. The molecule has 1 heterocycles. The fourth-order valence-electron chi connectivity index (χ4n) is 3.41. The first kappa shape index (κ1) is 16.3. The summed E-state index contributed by atoms with van der Waals surface area (Å²) in [6.45, 7) is 5.13. The van der Waals surface area contributed by atoms with Gasteiger partial charge in [-0.05, 0) is 43.2 Å². The van der Waals surface area contributed by atoms with Gasteiger partial charge in [0.05, 0.1) is 12.8 Å². The molecule has 2 unspecified atom stereocenters. The molecule has 3 heteroatoms. The fourth-order valence-corrected chi connectivity index (χ4v) is 3.41. The van der Waals surface area contributed by atoms with Crippen LogP contribution in [0.3, 0.4) is 0 Å². The average Bonchev–Trinajstić information content (AvgIpc) is 2.69. The van der Waals surface area contributed by atoms with E-state index in [1.807, 2.05) is 6.20 Å². The van der Waals surface area contributed by atoms with E-state index in [1.165, 1.54) is 32.1 Å². The predicted molar refractivity (Wildman–Crippen MR) is 87.4 cm³/mol. The first-order chi connectivity index (χ1) is 10.2. The third-order valence-electron chi connectivity index (χ3n) is 4.69. The SMILES string of the molecule is CCCOc1cncc(C2(N)CCCC(CCC)CC2)c1. The zero-order chi connectivity index (χ0) is 15.1. The lowest BCUT2D eigenvalue weighted by Gasteiger charge is -2.29. The lowest BCUT2D eigenvalue weighted by atomic mass is 9.84. The maximum absolute atomic E-state index is 6.74. The maximum atomic E-state index is 6.74. The van der Waals surface area contributed by atoms with Gasteiger partial charge in [-0.15, -0.1) is 0 Å². The third-order valence-corrected chi connectivity index (χ3v) is 4.69. The molecule has 2 N–H and O–H groups in total. The van der Waals surface area contributed by atoms with Gasteiger partial charge in [-0.2, -0.15) is 0 Å². The van der Waals surface area contributed by atoms with Crippen LogP contribution in [0.15, 0.2) is 18.5 Å². The summed E-state index contributed by atoms with van der Waals surface area (Å²) >= 11 is 0. The Balaban J connectivity index is 2.08. The summed E-state index contributed by atoms with van der Waals surface area (Å²) in [7, 11) is 0. The van der Waals surface area contributed by atoms with E-state index in [2.05, 4.69) is 24.9 Å². The Morgan fingerprint density at radius 1 is 1.24 bits per heavy atom. The second kappa shape index (κ2) is 7.79. The minimum absolute atomic E-state index is 0.221. The van der Waals surface area contributed by atoms with Crippen LogP contribution in [-0.2, 0) is 5.54 Å². The van der Waals surface area contributed by atoms with Gasteiger partial charge in [0.1, 0.15) is 5.75 Å². The van der Waals surface area contributed by atoms with Gasteiger partial charge in [0.25, 0.3) is 0 Å². The van der Waals surface area contributed by atoms with Crippen LogP contribution in [0, 0.1) is 5.92 Å². The molecule has 3 nitrogen and oxygen atoms in total. The number of rotatable bonds is 6. The van der Waals surface area contributed by atoms with E-state index < -0.39 is 0 Å². The molecule has 1 aliphatic carbocycles. The molecule has 0 aliphatic heterocycles. The molecular formula is C18H30N2O. The number of nitrogens with two attached hydrogens (primary N) is 1. The minimum Gasteiger partial charge on any atom is -0.492 e. The smallest absolute Gasteiger partial charge is 0.137 e. The van der Waals surface area contributed by atoms with Crippen LogP contribution in [0.5, 0.6) is 5.75 Å². The largest absolute Gasteiger partial charge is 0.492 e. The summed E-state index contributed by atoms with van der Waals surface area (Å²) in [5.41, 5.74) is 7.67. The van der Waals surface area contributed by atoms with Gasteiger partial charge in [-0.3, -0.25) is 4.98 Å². The summed E-state index contributed by atoms with van der Waals surface area (Å²) in [6, 6.07) is 2.10. The number of ether oxygens (including phenoxy) is 1. The average molecular weight is 290 g/mol. The van der Waals surface area contributed by atoms with Crippen molar-refractivity contribution in [3.8, 4) is 5.75 Å². The standard InChI is InChI=1S/C18H30N2O/c1-3-6-15-7-5-9-18(19,10-8-15)16-12-17(14-20-13-16)21-11-4-2/h12-15H,3-11,19H2,1-2H3. The van der Waals surface area contributed by atoms with Gasteiger partial charge >= 0.3 is 0 Å². The van der Waals surface area contributed by atoms with E-state index in [9.17, 15) is 0 Å². The lowest BCUT2D eigenvalue weighted by Crippen LogP contribution is -2.36. The molecular weight excluding hydrogens is 260 g/mol. The first-order valence-corrected chi connectivity index (χ1v) is 8.55. The topological polar surface area (TPSA) is 48.1 Å². The molecule has 0 spiro atoms. The number of hydrogen-bond acceptors (Lipinski definition) is 3. The van der Waals surface area contributed by atoms with Crippen molar-refractivity contribution in [2.75, 3.05) is 6.61 Å². The zero-order valence-corrected chi connectivity index (χ0v) is 13.6. The summed E-state index contributed by atoms with van der Waals surface area (Å²) in [6.07, 6.45) is 13.3. The number of aromatic nitrogens is 1. The number of nitrogens with zero attached hydrogens (tertiary/aromatic N) is 1. The third kappa shape index (κ3) is 4.44. The van der Waals surface area contributed by atoms with E-state index >= 15 is 0 Å². The molecule has 0 radical (unpaired) electrons. The Hall–Kier alpha value is -1.09. The Morgan fingerprint density at radius 3 is 2.86 bits per heavy atom. The molecule has 2 rings (SSSR count). The quantitative estimate of drug-likeness (QED) is 0.790. The predicted octanol–water partition coefficient (Wildman–Crippen LogP) is 4.40. The van der Waals surface area contributed by atoms with Crippen molar-refractivity contribution in [2.24, 2.45) is 11.7 Å². The van der Waals surface area contributed by atoms with Gasteiger partial charge in [0, 0.05) is 11.7 Å². The van der Waals surface area contributed by atoms with E-state index in [-0.39, 0.29) is 5.54 Å². The van der Waals surface area contributed by atoms with Crippen LogP contribution in [-0.4, -0.2) is 11.6 Å². The van der Waals surface area contributed by atoms with Crippen molar-refractivity contribution in [2.45, 2.75) is 70.8 Å². The molecule has 1 fully saturated rings. The molecule has 0 saturated heterocycles. The summed E-state index contributed by atoms with van der Waals surface area (Å²) in [5.74, 6) is 1.71. The van der Waals surface area contributed by atoms with E-state index in [0.29, 0.717) is 0 Å². The minimum atomic E-state index is -0.221. The molecule has 0 bridgehead atoms. The van der Waals surface area contributed by atoms with Crippen molar-refractivity contribution in [3.05, 3.63) is 24.0 Å². The van der Waals surface area contributed by atoms with Gasteiger partial charge < -0.3 is 10.5 Å². The first-order valence-electron chi connectivity index (χ1n) is 8.55. The molecule has 1 aliphatic rings. The summed E-state index contributed by atoms with van der Waals surface area (Å²) in [5, 5.41) is 0. The number of hydrogen-bond donors (Lipinski definition) is 1. The zero-order valence-electron chi connectivity index (χ0n) is 13.6. The molecule has 21 heavy (non-hydrogen) atoms. The van der Waals surface area contributed by atoms with Gasteiger partial charge in [-0.1, -0.05) is 39.5 Å². The van der Waals surface area contributed by atoms with Crippen LogP contribution in [0.25, 0.3) is 0 Å². The van der Waals surface area contributed by atoms with Crippen LogP contribution in [0.4, 0.5) is 0 Å². The number of pyridine rings is 1. The van der Waals surface area contributed by atoms with Crippen LogP contribution >= 0.6 is 0 Å². The van der Waals surface area contributed by atoms with Crippen molar-refractivity contribution in [3.63, 3.8) is 0 Å². The Bertz CT molecular complexity index is 435. The molecule has 1 aromatic rings. The molecule has 0 aromatic carbocycles. The van der Waals surface area contributed by atoms with Crippen molar-refractivity contribution in [1.82, 2.24) is 4.98 Å². The second-order valence-electron chi connectivity index (χ2n) is 6.50. The molecule has 2 atom stereocenters. The van der Waals surface area contributed by atoms with Crippen LogP contribution < -0.4 is 10.5 Å². The van der Waals surface area contributed by atoms with Gasteiger partial charge in [0.2, 0.25) is 0 Å². The monoisotopic (exact) mass is 290 g/mol. The van der Waals surface area contributed by atoms with Crippen molar-refractivity contribution in [1.29, 1.82) is 0 Å². The van der Waals surface area contributed by atoms with Crippen molar-refractivity contribution < 1.29 is 4.74 Å². The van der Waals surface area contributed by atoms with Crippen molar-refractivity contribution >= 4 is 0 Å². The van der Waals surface area contributed by atoms with E-state index in [0.717, 1.165) is 43.1 Å². The Labute approximate surface area is 129 Å². The molecule has 0 amide bonds. The Kier molecular flexibility index (Phi) is 6.04. The summed E-state index contributed by atoms with van der Waals surface area (Å²) in [4.78, 5) is 4.34. The Morgan fingerprint density at radius 2 is 2.10 bits per heavy atom. The molecule has 1 saturated carbocycles. The van der Waals surface area contributed by atoms with Gasteiger partial charge in [0.15, 0.2) is 0 Å². The van der Waals surface area contributed by atoms with Gasteiger partial charge in [-0.25, -0.2) is 0 Å². The van der Waals surface area contributed by atoms with E-state index in [4.69, 9.17) is 10.5 Å². The highest BCUT2D eigenvalue weighted by atomic mass is 16.5. The second-order valence-corrected chi connectivity index (χ2v) is 6.50. The van der Waals surface area contributed by atoms with Crippen LogP contribution in [0.2, 0.25) is 0 Å².